The fraction of sp³-hybridized carbons (Fsp3) is 0.429. The standard InChI is InChI=1S/C14H22N2/c1-3-5-6-12-16(11-4-2)14-9-7-13(15)8-10-14/h4,7-10H,2-3,5-6,11-12,15H2,1H3. The maximum absolute atomic E-state index is 5.68. The van der Waals surface area contributed by atoms with Gasteiger partial charge in [-0.1, -0.05) is 25.8 Å². The van der Waals surface area contributed by atoms with Crippen LogP contribution < -0.4 is 10.6 Å². The van der Waals surface area contributed by atoms with Crippen LogP contribution in [0.25, 0.3) is 0 Å². The zero-order chi connectivity index (χ0) is 11.8. The lowest BCUT2D eigenvalue weighted by Gasteiger charge is -2.23. The highest BCUT2D eigenvalue weighted by atomic mass is 15.1. The highest BCUT2D eigenvalue weighted by molar-refractivity contribution is 5.53. The van der Waals surface area contributed by atoms with Crippen LogP contribution in [0.3, 0.4) is 0 Å². The third-order valence-electron chi connectivity index (χ3n) is 2.64. The van der Waals surface area contributed by atoms with Crippen LogP contribution in [-0.2, 0) is 0 Å². The average molecular weight is 218 g/mol. The van der Waals surface area contributed by atoms with Crippen LogP contribution in [0, 0.1) is 0 Å². The van der Waals surface area contributed by atoms with E-state index in [2.05, 4.69) is 30.5 Å². The van der Waals surface area contributed by atoms with Crippen molar-refractivity contribution < 1.29 is 0 Å². The summed E-state index contributed by atoms with van der Waals surface area (Å²) in [6.45, 7) is 8.01. The van der Waals surface area contributed by atoms with Crippen molar-refractivity contribution in [2.75, 3.05) is 23.7 Å². The number of nitrogen functional groups attached to an aromatic ring is 1. The van der Waals surface area contributed by atoms with Crippen LogP contribution in [0.15, 0.2) is 36.9 Å². The quantitative estimate of drug-likeness (QED) is 0.431. The maximum atomic E-state index is 5.68. The first-order valence-corrected chi connectivity index (χ1v) is 5.99. The van der Waals surface area contributed by atoms with Crippen LogP contribution >= 0.6 is 0 Å². The van der Waals surface area contributed by atoms with E-state index in [1.807, 2.05) is 18.2 Å². The molecule has 0 aliphatic rings. The Morgan fingerprint density at radius 1 is 1.25 bits per heavy atom. The molecule has 1 aromatic rings. The summed E-state index contributed by atoms with van der Waals surface area (Å²) >= 11 is 0. The van der Waals surface area contributed by atoms with Crippen molar-refractivity contribution in [2.24, 2.45) is 0 Å². The van der Waals surface area contributed by atoms with Gasteiger partial charge in [0.1, 0.15) is 0 Å². The molecule has 0 saturated heterocycles. The molecule has 0 saturated carbocycles. The van der Waals surface area contributed by atoms with Gasteiger partial charge in [-0.2, -0.15) is 0 Å². The van der Waals surface area contributed by atoms with Gasteiger partial charge >= 0.3 is 0 Å². The van der Waals surface area contributed by atoms with Gasteiger partial charge in [0.25, 0.3) is 0 Å². The number of hydrogen-bond acceptors (Lipinski definition) is 2. The van der Waals surface area contributed by atoms with E-state index in [0.717, 1.165) is 18.8 Å². The summed E-state index contributed by atoms with van der Waals surface area (Å²) in [5.74, 6) is 0. The molecule has 2 N–H and O–H groups in total. The highest BCUT2D eigenvalue weighted by Crippen LogP contribution is 2.17. The smallest absolute Gasteiger partial charge is 0.0370 e. The van der Waals surface area contributed by atoms with E-state index in [-0.39, 0.29) is 0 Å². The van der Waals surface area contributed by atoms with Crippen LogP contribution in [0.4, 0.5) is 11.4 Å². The summed E-state index contributed by atoms with van der Waals surface area (Å²) in [6.07, 6.45) is 5.71. The lowest BCUT2D eigenvalue weighted by Crippen LogP contribution is -2.24. The predicted octanol–water partition coefficient (Wildman–Crippen LogP) is 3.45. The normalized spacial score (nSPS) is 10.1. The van der Waals surface area contributed by atoms with Gasteiger partial charge < -0.3 is 10.6 Å². The Labute approximate surface area is 98.8 Å². The van der Waals surface area contributed by atoms with E-state index < -0.39 is 0 Å². The summed E-state index contributed by atoms with van der Waals surface area (Å²) < 4.78 is 0. The summed E-state index contributed by atoms with van der Waals surface area (Å²) in [5.41, 5.74) is 7.73. The molecule has 1 aromatic carbocycles. The molecule has 1 rings (SSSR count). The lowest BCUT2D eigenvalue weighted by atomic mass is 10.2. The van der Waals surface area contributed by atoms with Crippen molar-refractivity contribution >= 4 is 11.4 Å². The third-order valence-corrected chi connectivity index (χ3v) is 2.64. The third kappa shape index (κ3) is 3.97. The Bertz CT molecular complexity index is 303. The number of hydrogen-bond donors (Lipinski definition) is 1. The van der Waals surface area contributed by atoms with Crippen molar-refractivity contribution in [3.8, 4) is 0 Å². The summed E-state index contributed by atoms with van der Waals surface area (Å²) in [6, 6.07) is 8.05. The summed E-state index contributed by atoms with van der Waals surface area (Å²) in [7, 11) is 0. The maximum Gasteiger partial charge on any atom is 0.0370 e. The highest BCUT2D eigenvalue weighted by Gasteiger charge is 2.03. The monoisotopic (exact) mass is 218 g/mol. The van der Waals surface area contributed by atoms with Crippen molar-refractivity contribution in [1.29, 1.82) is 0 Å². The Hall–Kier alpha value is -1.44. The number of rotatable bonds is 7. The topological polar surface area (TPSA) is 29.3 Å². The summed E-state index contributed by atoms with van der Waals surface area (Å²) in [4.78, 5) is 2.34. The second-order valence-electron chi connectivity index (χ2n) is 4.03. The van der Waals surface area contributed by atoms with E-state index in [1.165, 1.54) is 24.9 Å². The first kappa shape index (κ1) is 12.6. The first-order chi connectivity index (χ1) is 7.77. The van der Waals surface area contributed by atoms with E-state index >= 15 is 0 Å². The van der Waals surface area contributed by atoms with Crippen LogP contribution in [0.5, 0.6) is 0 Å². The van der Waals surface area contributed by atoms with Crippen molar-refractivity contribution in [3.05, 3.63) is 36.9 Å². The molecule has 0 aliphatic heterocycles. The number of nitrogens with zero attached hydrogens (tertiary/aromatic N) is 1. The molecular weight excluding hydrogens is 196 g/mol. The van der Waals surface area contributed by atoms with E-state index in [4.69, 9.17) is 5.73 Å². The molecule has 16 heavy (non-hydrogen) atoms. The molecule has 2 heteroatoms. The second kappa shape index (κ2) is 6.94. The van der Waals surface area contributed by atoms with Gasteiger partial charge in [-0.25, -0.2) is 0 Å². The molecule has 0 fully saturated rings. The molecule has 0 spiro atoms. The van der Waals surface area contributed by atoms with E-state index in [1.54, 1.807) is 0 Å². The van der Waals surface area contributed by atoms with Gasteiger partial charge in [-0.15, -0.1) is 6.58 Å². The first-order valence-electron chi connectivity index (χ1n) is 5.99. The average Bonchev–Trinajstić information content (AvgIpc) is 2.29. The van der Waals surface area contributed by atoms with E-state index in [9.17, 15) is 0 Å². The zero-order valence-corrected chi connectivity index (χ0v) is 10.2. The molecule has 88 valence electrons. The molecule has 0 heterocycles. The van der Waals surface area contributed by atoms with Gasteiger partial charge in [-0.3, -0.25) is 0 Å². The number of unbranched alkanes of at least 4 members (excludes halogenated alkanes) is 2. The Morgan fingerprint density at radius 2 is 1.94 bits per heavy atom. The number of anilines is 2. The molecule has 2 nitrogen and oxygen atoms in total. The molecule has 0 radical (unpaired) electrons. The molecular formula is C14H22N2. The molecule has 0 unspecified atom stereocenters. The van der Waals surface area contributed by atoms with Crippen LogP contribution in [0.2, 0.25) is 0 Å². The molecule has 0 atom stereocenters. The predicted molar refractivity (Wildman–Crippen MR) is 72.8 cm³/mol. The summed E-state index contributed by atoms with van der Waals surface area (Å²) in [5, 5.41) is 0. The molecule has 0 aliphatic carbocycles. The number of benzene rings is 1. The van der Waals surface area contributed by atoms with Crippen molar-refractivity contribution in [1.82, 2.24) is 0 Å². The number of nitrogens with two attached hydrogens (primary N) is 1. The molecule has 0 amide bonds. The zero-order valence-electron chi connectivity index (χ0n) is 10.2. The van der Waals surface area contributed by atoms with Gasteiger partial charge in [0.05, 0.1) is 0 Å². The SMILES string of the molecule is C=CCN(CCCCC)c1ccc(N)cc1. The Morgan fingerprint density at radius 3 is 2.50 bits per heavy atom. The Kier molecular flexibility index (Phi) is 5.48. The Balaban J connectivity index is 2.61. The van der Waals surface area contributed by atoms with Crippen molar-refractivity contribution in [2.45, 2.75) is 26.2 Å². The second-order valence-corrected chi connectivity index (χ2v) is 4.03. The fourth-order valence-electron chi connectivity index (χ4n) is 1.72. The largest absolute Gasteiger partial charge is 0.399 e. The van der Waals surface area contributed by atoms with Gasteiger partial charge in [0.15, 0.2) is 0 Å². The fourth-order valence-corrected chi connectivity index (χ4v) is 1.72. The minimum atomic E-state index is 0.816. The van der Waals surface area contributed by atoms with Crippen LogP contribution in [0.1, 0.15) is 26.2 Å². The minimum absolute atomic E-state index is 0.816. The van der Waals surface area contributed by atoms with Gasteiger partial charge in [-0.05, 0) is 30.7 Å². The van der Waals surface area contributed by atoms with E-state index in [0.29, 0.717) is 0 Å². The van der Waals surface area contributed by atoms with Gasteiger partial charge in [0.2, 0.25) is 0 Å². The van der Waals surface area contributed by atoms with Gasteiger partial charge in [0, 0.05) is 24.5 Å². The lowest BCUT2D eigenvalue weighted by molar-refractivity contribution is 0.693. The molecule has 0 aromatic heterocycles. The van der Waals surface area contributed by atoms with Crippen LogP contribution in [-0.4, -0.2) is 13.1 Å². The molecule has 0 bridgehead atoms. The minimum Gasteiger partial charge on any atom is -0.399 e. The van der Waals surface area contributed by atoms with Crippen molar-refractivity contribution in [3.63, 3.8) is 0 Å².